The summed E-state index contributed by atoms with van der Waals surface area (Å²) in [6, 6.07) is -0.823. The number of pyridine rings is 1. The van der Waals surface area contributed by atoms with Gasteiger partial charge in [0.2, 0.25) is 0 Å². The summed E-state index contributed by atoms with van der Waals surface area (Å²) in [5, 5.41) is 9.86. The zero-order chi connectivity index (χ0) is 14.2. The molecule has 1 fully saturated rings. The molecular formula is C12H17NO2. The highest BCUT2D eigenvalue weighted by Gasteiger charge is 2.19. The van der Waals surface area contributed by atoms with Crippen LogP contribution in [-0.4, -0.2) is 9.94 Å². The second-order valence-corrected chi connectivity index (χ2v) is 4.00. The molecule has 3 nitrogen and oxygen atoms in total. The van der Waals surface area contributed by atoms with E-state index in [0.29, 0.717) is 4.73 Å². The van der Waals surface area contributed by atoms with Crippen molar-refractivity contribution in [1.82, 2.24) is 4.73 Å². The molecule has 3 heteroatoms. The zero-order valence-electron chi connectivity index (χ0n) is 12.5. The van der Waals surface area contributed by atoms with Crippen LogP contribution in [0.15, 0.2) is 16.9 Å². The van der Waals surface area contributed by atoms with Gasteiger partial charge in [-0.3, -0.25) is 4.79 Å². The highest BCUT2D eigenvalue weighted by molar-refractivity contribution is 5.19. The molecule has 1 aromatic heterocycles. The Kier molecular flexibility index (Phi) is 1.73. The quantitative estimate of drug-likeness (QED) is 0.725. The first-order valence-corrected chi connectivity index (χ1v) is 5.25. The molecule has 0 aromatic carbocycles. The van der Waals surface area contributed by atoms with Crippen LogP contribution in [0, 0.1) is 6.88 Å². The van der Waals surface area contributed by atoms with Gasteiger partial charge in [-0.15, -0.1) is 0 Å². The van der Waals surface area contributed by atoms with Crippen molar-refractivity contribution in [3.05, 3.63) is 33.7 Å². The first-order chi connectivity index (χ1) is 8.95. The standard InChI is InChI=1S/C12H17NO2/c1-9-7-11(13(15)12(14)8-9)10-5-3-2-4-6-10/h7-8,10,15H,2-6H2,1H3/i1D2,7D,8D. The minimum absolute atomic E-state index is 0.1000. The normalized spacial score (nSPS) is 21.9. The van der Waals surface area contributed by atoms with Crippen LogP contribution in [-0.2, 0) is 0 Å². The van der Waals surface area contributed by atoms with E-state index in [4.69, 9.17) is 5.48 Å². The Balaban J connectivity index is 2.62. The van der Waals surface area contributed by atoms with Crippen LogP contribution in [0.2, 0.25) is 0 Å². The zero-order valence-corrected chi connectivity index (χ0v) is 8.49. The smallest absolute Gasteiger partial charge is 0.283 e. The van der Waals surface area contributed by atoms with E-state index < -0.39 is 18.5 Å². The highest BCUT2D eigenvalue weighted by Crippen LogP contribution is 2.31. The fraction of sp³-hybridized carbons (Fsp3) is 0.583. The Labute approximate surface area is 94.9 Å². The fourth-order valence-corrected chi connectivity index (χ4v) is 2.15. The van der Waals surface area contributed by atoms with E-state index in [-0.39, 0.29) is 23.2 Å². The third-order valence-corrected chi connectivity index (χ3v) is 2.92. The van der Waals surface area contributed by atoms with Crippen molar-refractivity contribution in [2.75, 3.05) is 0 Å². The summed E-state index contributed by atoms with van der Waals surface area (Å²) in [6.45, 7) is -1.56. The molecule has 1 heterocycles. The fourth-order valence-electron chi connectivity index (χ4n) is 2.15. The Morgan fingerprint density at radius 1 is 1.47 bits per heavy atom. The molecule has 0 spiro atoms. The maximum atomic E-state index is 11.8. The topological polar surface area (TPSA) is 42.2 Å². The molecule has 1 saturated carbocycles. The maximum absolute atomic E-state index is 11.8. The average Bonchev–Trinajstić information content (AvgIpc) is 2.37. The summed E-state index contributed by atoms with van der Waals surface area (Å²) in [6.07, 6.45) is 4.61. The van der Waals surface area contributed by atoms with Gasteiger partial charge in [0.15, 0.2) is 0 Å². The lowest BCUT2D eigenvalue weighted by molar-refractivity contribution is 0.156. The van der Waals surface area contributed by atoms with Crippen LogP contribution in [0.4, 0.5) is 0 Å². The molecule has 1 aromatic rings. The van der Waals surface area contributed by atoms with Crippen LogP contribution >= 0.6 is 0 Å². The molecule has 15 heavy (non-hydrogen) atoms. The van der Waals surface area contributed by atoms with Crippen LogP contribution in [0.3, 0.4) is 0 Å². The number of aromatic nitrogens is 1. The molecule has 0 bridgehead atoms. The number of hydrogen-bond acceptors (Lipinski definition) is 2. The second-order valence-electron chi connectivity index (χ2n) is 4.00. The monoisotopic (exact) mass is 211 g/mol. The second kappa shape index (κ2) is 4.09. The molecule has 0 saturated heterocycles. The van der Waals surface area contributed by atoms with Crippen molar-refractivity contribution in [2.24, 2.45) is 0 Å². The molecule has 82 valence electrons. The SMILES string of the molecule is [2H]c1c(C([2H])[2H])c([2H])c(=O)n(O)c1C1CCCCC1. The van der Waals surface area contributed by atoms with Crippen molar-refractivity contribution in [2.45, 2.75) is 44.9 Å². The summed E-state index contributed by atoms with van der Waals surface area (Å²) >= 11 is 0. The van der Waals surface area contributed by atoms with E-state index in [1.165, 1.54) is 0 Å². The van der Waals surface area contributed by atoms with Crippen LogP contribution in [0.5, 0.6) is 0 Å². The Bertz CT molecular complexity index is 536. The predicted octanol–water partition coefficient (Wildman–Crippen LogP) is 2.44. The highest BCUT2D eigenvalue weighted by atomic mass is 16.5. The van der Waals surface area contributed by atoms with E-state index in [9.17, 15) is 10.0 Å². The molecule has 1 aliphatic rings. The molecule has 0 aliphatic heterocycles. The van der Waals surface area contributed by atoms with Crippen molar-refractivity contribution in [1.29, 1.82) is 0 Å². The number of nitrogens with zero attached hydrogens (tertiary/aromatic N) is 1. The first-order valence-electron chi connectivity index (χ1n) is 7.40. The lowest BCUT2D eigenvalue weighted by Gasteiger charge is -2.22. The minimum Gasteiger partial charge on any atom is -0.425 e. The minimum atomic E-state index is -1.56. The van der Waals surface area contributed by atoms with Gasteiger partial charge in [-0.05, 0) is 31.3 Å². The maximum Gasteiger partial charge on any atom is 0.283 e. The van der Waals surface area contributed by atoms with Gasteiger partial charge in [-0.2, -0.15) is 4.73 Å². The molecule has 0 radical (unpaired) electrons. The molecule has 1 aliphatic carbocycles. The van der Waals surface area contributed by atoms with Gasteiger partial charge in [-0.1, -0.05) is 19.3 Å². The van der Waals surface area contributed by atoms with Crippen molar-refractivity contribution in [3.63, 3.8) is 0 Å². The largest absolute Gasteiger partial charge is 0.425 e. The van der Waals surface area contributed by atoms with E-state index in [0.717, 1.165) is 32.1 Å². The summed E-state index contributed by atoms with van der Waals surface area (Å²) in [5.41, 5.74) is -0.979. The van der Waals surface area contributed by atoms with Gasteiger partial charge >= 0.3 is 0 Å². The van der Waals surface area contributed by atoms with Crippen molar-refractivity contribution in [3.8, 4) is 0 Å². The summed E-state index contributed by atoms with van der Waals surface area (Å²) in [5.74, 6) is -0.1000. The molecule has 0 amide bonds. The summed E-state index contributed by atoms with van der Waals surface area (Å²) in [4.78, 5) is 11.8. The predicted molar refractivity (Wildman–Crippen MR) is 58.4 cm³/mol. The van der Waals surface area contributed by atoms with Gasteiger partial charge in [0.1, 0.15) is 0 Å². The molecular weight excluding hydrogens is 190 g/mol. The van der Waals surface area contributed by atoms with Gasteiger partial charge in [-0.25, -0.2) is 0 Å². The molecule has 1 N–H and O–H groups in total. The van der Waals surface area contributed by atoms with Crippen molar-refractivity contribution >= 4 is 0 Å². The molecule has 2 rings (SSSR count). The summed E-state index contributed by atoms with van der Waals surface area (Å²) in [7, 11) is 0. The van der Waals surface area contributed by atoms with Crippen LogP contribution in [0.25, 0.3) is 0 Å². The van der Waals surface area contributed by atoms with Crippen LogP contribution in [0.1, 0.15) is 54.8 Å². The number of rotatable bonds is 1. The van der Waals surface area contributed by atoms with Crippen LogP contribution < -0.4 is 5.56 Å². The van der Waals surface area contributed by atoms with Crippen molar-refractivity contribution < 1.29 is 10.7 Å². The van der Waals surface area contributed by atoms with Gasteiger partial charge in [0.25, 0.3) is 5.56 Å². The Hall–Kier alpha value is -1.25. The van der Waals surface area contributed by atoms with E-state index in [2.05, 4.69) is 0 Å². The Morgan fingerprint density at radius 3 is 2.87 bits per heavy atom. The lowest BCUT2D eigenvalue weighted by atomic mass is 9.86. The van der Waals surface area contributed by atoms with Gasteiger partial charge < -0.3 is 5.21 Å². The van der Waals surface area contributed by atoms with E-state index in [1.54, 1.807) is 0 Å². The average molecular weight is 211 g/mol. The Morgan fingerprint density at radius 2 is 2.20 bits per heavy atom. The third kappa shape index (κ3) is 2.06. The van der Waals surface area contributed by atoms with Gasteiger partial charge in [0.05, 0.1) is 8.44 Å². The van der Waals surface area contributed by atoms with E-state index >= 15 is 0 Å². The summed E-state index contributed by atoms with van der Waals surface area (Å²) < 4.78 is 30.7. The first kappa shape index (κ1) is 6.36. The van der Waals surface area contributed by atoms with Gasteiger partial charge in [0, 0.05) is 14.7 Å². The third-order valence-electron chi connectivity index (χ3n) is 2.92. The molecule has 0 atom stereocenters. The lowest BCUT2D eigenvalue weighted by Crippen LogP contribution is -2.23. The molecule has 0 unspecified atom stereocenters. The number of hydrogen-bond donors (Lipinski definition) is 1. The van der Waals surface area contributed by atoms with E-state index in [1.807, 2.05) is 0 Å².